The summed E-state index contributed by atoms with van der Waals surface area (Å²) >= 11 is 0. The molecule has 0 aliphatic heterocycles. The van der Waals surface area contributed by atoms with Crippen LogP contribution in [0, 0.1) is 0 Å². The van der Waals surface area contributed by atoms with Crippen LogP contribution in [0.5, 0.6) is 0 Å². The van der Waals surface area contributed by atoms with Crippen molar-refractivity contribution < 1.29 is 17.9 Å². The maximum absolute atomic E-state index is 11.3. The average molecular weight is 330 g/mol. The Morgan fingerprint density at radius 3 is 2.22 bits per heavy atom. The van der Waals surface area contributed by atoms with E-state index in [0.717, 1.165) is 5.56 Å². The number of sulfonamides is 1. The smallest absolute Gasteiger partial charge is 0.238 e. The largest absolute Gasteiger partial charge is 0.437 e. The van der Waals surface area contributed by atoms with E-state index in [1.165, 1.54) is 12.1 Å². The number of aliphatic hydroxyl groups is 1. The number of hydrogen-bond acceptors (Lipinski definition) is 5. The van der Waals surface area contributed by atoms with E-state index in [4.69, 9.17) is 9.56 Å². The first-order chi connectivity index (χ1) is 11.0. The van der Waals surface area contributed by atoms with Crippen molar-refractivity contribution in [3.05, 3.63) is 60.5 Å². The summed E-state index contributed by atoms with van der Waals surface area (Å²) in [5.74, 6) is 0.701. The van der Waals surface area contributed by atoms with E-state index in [9.17, 15) is 13.5 Å². The first-order valence-electron chi connectivity index (χ1n) is 6.78. The molecule has 0 bridgehead atoms. The fraction of sp³-hybridized carbons (Fsp3) is 0.0625. The number of aliphatic hydroxyl groups excluding tert-OH is 1. The van der Waals surface area contributed by atoms with E-state index >= 15 is 0 Å². The van der Waals surface area contributed by atoms with Crippen molar-refractivity contribution in [1.29, 1.82) is 0 Å². The van der Waals surface area contributed by atoms with Gasteiger partial charge < -0.3 is 9.52 Å². The molecule has 0 fully saturated rings. The average Bonchev–Trinajstić information content (AvgIpc) is 2.99. The van der Waals surface area contributed by atoms with Gasteiger partial charge in [0.1, 0.15) is 12.3 Å². The number of aromatic nitrogens is 1. The number of nitrogens with two attached hydrogens (primary N) is 1. The number of hydrogen-bond donors (Lipinski definition) is 2. The minimum Gasteiger partial charge on any atom is -0.437 e. The van der Waals surface area contributed by atoms with Gasteiger partial charge in [-0.25, -0.2) is 18.5 Å². The van der Waals surface area contributed by atoms with Crippen LogP contribution in [0.3, 0.4) is 0 Å². The Morgan fingerprint density at radius 1 is 1.00 bits per heavy atom. The molecule has 0 unspecified atom stereocenters. The highest BCUT2D eigenvalue weighted by molar-refractivity contribution is 7.89. The highest BCUT2D eigenvalue weighted by Gasteiger charge is 2.17. The monoisotopic (exact) mass is 330 g/mol. The summed E-state index contributed by atoms with van der Waals surface area (Å²) in [5, 5.41) is 14.4. The highest BCUT2D eigenvalue weighted by atomic mass is 32.2. The van der Waals surface area contributed by atoms with Crippen LogP contribution in [0.4, 0.5) is 0 Å². The molecule has 7 heteroatoms. The molecule has 3 rings (SSSR count). The van der Waals surface area contributed by atoms with Crippen LogP contribution in [0.1, 0.15) is 5.89 Å². The molecule has 3 aromatic rings. The lowest BCUT2D eigenvalue weighted by Crippen LogP contribution is -2.11. The summed E-state index contributed by atoms with van der Waals surface area (Å²) in [5.41, 5.74) is 2.01. The molecule has 6 nitrogen and oxygen atoms in total. The fourth-order valence-electron chi connectivity index (χ4n) is 2.22. The summed E-state index contributed by atoms with van der Waals surface area (Å²) in [6.07, 6.45) is 0. The van der Waals surface area contributed by atoms with Crippen molar-refractivity contribution in [3.8, 4) is 22.6 Å². The number of primary sulfonamides is 1. The molecule has 0 radical (unpaired) electrons. The van der Waals surface area contributed by atoms with E-state index in [0.29, 0.717) is 17.0 Å². The second kappa shape index (κ2) is 5.96. The first kappa shape index (κ1) is 15.4. The molecule has 0 spiro atoms. The molecule has 0 saturated heterocycles. The van der Waals surface area contributed by atoms with Crippen molar-refractivity contribution in [3.63, 3.8) is 0 Å². The Hall–Kier alpha value is -2.48. The van der Waals surface area contributed by atoms with E-state index in [1.54, 1.807) is 12.1 Å². The van der Waals surface area contributed by atoms with Crippen LogP contribution < -0.4 is 5.14 Å². The molecule has 0 aliphatic rings. The third-order valence-electron chi connectivity index (χ3n) is 3.30. The Balaban J connectivity index is 2.11. The maximum Gasteiger partial charge on any atom is 0.238 e. The highest BCUT2D eigenvalue weighted by Crippen LogP contribution is 2.33. The molecule has 0 atom stereocenters. The van der Waals surface area contributed by atoms with Gasteiger partial charge in [0.05, 0.1) is 4.90 Å². The minimum absolute atomic E-state index is 0.0217. The molecular formula is C16H14N2O4S. The summed E-state index contributed by atoms with van der Waals surface area (Å²) < 4.78 is 28.3. The standard InChI is InChI=1S/C16H14N2O4S/c17-23(20,21)13-8-6-11(7-9-13)15-16(22-14(10-19)18-15)12-4-2-1-3-5-12/h1-9,19H,10H2,(H2,17,20,21). The summed E-state index contributed by atoms with van der Waals surface area (Å²) in [6.45, 7) is -0.324. The van der Waals surface area contributed by atoms with Crippen LogP contribution >= 0.6 is 0 Å². The molecule has 1 heterocycles. The molecular weight excluding hydrogens is 316 g/mol. The van der Waals surface area contributed by atoms with Gasteiger partial charge in [0.2, 0.25) is 15.9 Å². The van der Waals surface area contributed by atoms with Crippen molar-refractivity contribution in [1.82, 2.24) is 4.98 Å². The molecule has 23 heavy (non-hydrogen) atoms. The summed E-state index contributed by atoms with van der Waals surface area (Å²) in [4.78, 5) is 4.29. The van der Waals surface area contributed by atoms with Crippen molar-refractivity contribution in [2.24, 2.45) is 5.14 Å². The second-order valence-electron chi connectivity index (χ2n) is 4.88. The van der Waals surface area contributed by atoms with Crippen molar-refractivity contribution in [2.75, 3.05) is 0 Å². The Bertz CT molecular complexity index is 916. The van der Waals surface area contributed by atoms with Crippen LogP contribution in [-0.2, 0) is 16.6 Å². The quantitative estimate of drug-likeness (QED) is 0.762. The van der Waals surface area contributed by atoms with Gasteiger partial charge in [-0.15, -0.1) is 0 Å². The zero-order chi connectivity index (χ0) is 16.4. The lowest BCUT2D eigenvalue weighted by Gasteiger charge is -2.03. The molecule has 3 N–H and O–H groups in total. The molecule has 118 valence electrons. The number of oxazole rings is 1. The van der Waals surface area contributed by atoms with Gasteiger partial charge in [-0.1, -0.05) is 42.5 Å². The van der Waals surface area contributed by atoms with Gasteiger partial charge in [-0.05, 0) is 12.1 Å². The lowest BCUT2D eigenvalue weighted by atomic mass is 10.1. The van der Waals surface area contributed by atoms with E-state index in [1.807, 2.05) is 30.3 Å². The van der Waals surface area contributed by atoms with Crippen molar-refractivity contribution >= 4 is 10.0 Å². The molecule has 0 aliphatic carbocycles. The Labute approximate surface area is 133 Å². The third-order valence-corrected chi connectivity index (χ3v) is 4.23. The predicted octanol–water partition coefficient (Wildman–Crippen LogP) is 2.15. The third kappa shape index (κ3) is 3.16. The van der Waals surface area contributed by atoms with E-state index < -0.39 is 10.0 Å². The number of nitrogens with zero attached hydrogens (tertiary/aromatic N) is 1. The molecule has 0 saturated carbocycles. The van der Waals surface area contributed by atoms with Gasteiger partial charge in [-0.3, -0.25) is 0 Å². The van der Waals surface area contributed by atoms with Crippen molar-refractivity contribution in [2.45, 2.75) is 11.5 Å². The maximum atomic E-state index is 11.3. The minimum atomic E-state index is -3.75. The zero-order valence-corrected chi connectivity index (χ0v) is 12.8. The van der Waals surface area contributed by atoms with E-state index in [-0.39, 0.29) is 17.4 Å². The summed E-state index contributed by atoms with van der Waals surface area (Å²) in [6, 6.07) is 15.4. The molecule has 2 aromatic carbocycles. The SMILES string of the molecule is NS(=O)(=O)c1ccc(-c2nc(CO)oc2-c2ccccc2)cc1. The second-order valence-corrected chi connectivity index (χ2v) is 6.44. The van der Waals surface area contributed by atoms with Gasteiger partial charge in [0.25, 0.3) is 0 Å². The normalized spacial score (nSPS) is 11.6. The van der Waals surface area contributed by atoms with E-state index in [2.05, 4.69) is 4.98 Å². The van der Waals surface area contributed by atoms with Crippen LogP contribution in [0.25, 0.3) is 22.6 Å². The van der Waals surface area contributed by atoms with Gasteiger partial charge in [0.15, 0.2) is 5.76 Å². The molecule has 1 aromatic heterocycles. The van der Waals surface area contributed by atoms with Crippen LogP contribution in [0.2, 0.25) is 0 Å². The summed E-state index contributed by atoms with van der Waals surface area (Å²) in [7, 11) is -3.75. The lowest BCUT2D eigenvalue weighted by molar-refractivity contribution is 0.241. The van der Waals surface area contributed by atoms with Gasteiger partial charge in [-0.2, -0.15) is 0 Å². The van der Waals surface area contributed by atoms with Gasteiger partial charge in [0, 0.05) is 11.1 Å². The molecule has 0 amide bonds. The van der Waals surface area contributed by atoms with Crippen LogP contribution in [-0.4, -0.2) is 18.5 Å². The zero-order valence-electron chi connectivity index (χ0n) is 12.0. The number of rotatable bonds is 4. The number of benzene rings is 2. The van der Waals surface area contributed by atoms with Gasteiger partial charge >= 0.3 is 0 Å². The Morgan fingerprint density at radius 2 is 1.65 bits per heavy atom. The first-order valence-corrected chi connectivity index (χ1v) is 8.33. The topological polar surface area (TPSA) is 106 Å². The fourth-order valence-corrected chi connectivity index (χ4v) is 2.73. The van der Waals surface area contributed by atoms with Crippen LogP contribution in [0.15, 0.2) is 63.9 Å². The predicted molar refractivity (Wildman–Crippen MR) is 84.7 cm³/mol. The Kier molecular flexibility index (Phi) is 3.99.